The topological polar surface area (TPSA) is 80.0 Å². The minimum atomic E-state index is -0.620. The van der Waals surface area contributed by atoms with Crippen molar-refractivity contribution in [3.8, 4) is 5.69 Å². The Kier molecular flexibility index (Phi) is 4.98. The Hall–Kier alpha value is -2.99. The van der Waals surface area contributed by atoms with Crippen molar-refractivity contribution in [2.75, 3.05) is 6.54 Å². The lowest BCUT2D eigenvalue weighted by atomic mass is 10.1. The van der Waals surface area contributed by atoms with Gasteiger partial charge in [0.05, 0.1) is 11.8 Å². The van der Waals surface area contributed by atoms with Crippen molar-refractivity contribution in [3.05, 3.63) is 78.4 Å². The van der Waals surface area contributed by atoms with E-state index in [1.54, 1.807) is 35.3 Å². The molecule has 0 saturated carbocycles. The predicted octanol–water partition coefficient (Wildman–Crippen LogP) is 1.60. The summed E-state index contributed by atoms with van der Waals surface area (Å²) in [6, 6.07) is 16.7. The lowest BCUT2D eigenvalue weighted by Crippen LogP contribution is -2.33. The summed E-state index contributed by atoms with van der Waals surface area (Å²) in [5.41, 5.74) is 2.40. The fourth-order valence-corrected chi connectivity index (χ4v) is 2.38. The molecule has 0 aliphatic rings. The average molecular weight is 322 g/mol. The maximum atomic E-state index is 12.1. The number of rotatable bonds is 6. The molecule has 0 radical (unpaired) electrons. The molecule has 0 saturated heterocycles. The molecular formula is C18H18N4O2. The van der Waals surface area contributed by atoms with Gasteiger partial charge in [-0.25, -0.2) is 9.67 Å². The third-order valence-corrected chi connectivity index (χ3v) is 3.63. The summed E-state index contributed by atoms with van der Waals surface area (Å²) >= 11 is 0. The number of aliphatic hydroxyl groups is 1. The quantitative estimate of drug-likeness (QED) is 0.722. The number of aliphatic hydroxyl groups excluding tert-OH is 1. The first kappa shape index (κ1) is 15.9. The number of hydrogen-bond acceptors (Lipinski definition) is 4. The number of amides is 1. The first-order valence-corrected chi connectivity index (χ1v) is 7.67. The highest BCUT2D eigenvalue weighted by atomic mass is 16.3. The molecule has 0 aliphatic carbocycles. The number of nitrogens with zero attached hydrogens (tertiary/aromatic N) is 3. The average Bonchev–Trinajstić information content (AvgIpc) is 3.15. The van der Waals surface area contributed by atoms with Crippen LogP contribution in [0.4, 0.5) is 0 Å². The van der Waals surface area contributed by atoms with Crippen LogP contribution in [0.3, 0.4) is 0 Å². The van der Waals surface area contributed by atoms with Crippen LogP contribution in [0.15, 0.2) is 67.3 Å². The van der Waals surface area contributed by atoms with Crippen LogP contribution in [0, 0.1) is 0 Å². The highest BCUT2D eigenvalue weighted by Crippen LogP contribution is 2.08. The summed E-state index contributed by atoms with van der Waals surface area (Å²) in [5, 5.41) is 16.8. The van der Waals surface area contributed by atoms with Gasteiger partial charge in [-0.2, -0.15) is 5.10 Å². The Morgan fingerprint density at radius 1 is 1.12 bits per heavy atom. The Balaban J connectivity index is 1.53. The smallest absolute Gasteiger partial charge is 0.251 e. The van der Waals surface area contributed by atoms with Crippen LogP contribution in [-0.4, -0.2) is 38.4 Å². The van der Waals surface area contributed by atoms with E-state index in [1.807, 2.05) is 30.3 Å². The van der Waals surface area contributed by atoms with E-state index >= 15 is 0 Å². The van der Waals surface area contributed by atoms with Gasteiger partial charge in [-0.1, -0.05) is 30.3 Å². The van der Waals surface area contributed by atoms with Gasteiger partial charge in [-0.3, -0.25) is 4.79 Å². The van der Waals surface area contributed by atoms with E-state index in [1.165, 1.54) is 6.33 Å². The van der Waals surface area contributed by atoms with E-state index in [0.29, 0.717) is 12.0 Å². The first-order chi connectivity index (χ1) is 11.7. The van der Waals surface area contributed by atoms with Crippen LogP contribution in [0.1, 0.15) is 15.9 Å². The number of benzene rings is 2. The van der Waals surface area contributed by atoms with Crippen molar-refractivity contribution in [2.45, 2.75) is 12.5 Å². The molecule has 3 aromatic rings. The zero-order valence-corrected chi connectivity index (χ0v) is 13.0. The zero-order valence-electron chi connectivity index (χ0n) is 13.0. The van der Waals surface area contributed by atoms with E-state index in [2.05, 4.69) is 15.4 Å². The summed E-state index contributed by atoms with van der Waals surface area (Å²) < 4.78 is 1.62. The molecule has 6 heteroatoms. The molecule has 0 spiro atoms. The second kappa shape index (κ2) is 7.52. The van der Waals surface area contributed by atoms with Gasteiger partial charge in [-0.15, -0.1) is 0 Å². The molecule has 2 aromatic carbocycles. The highest BCUT2D eigenvalue weighted by Gasteiger charge is 2.10. The standard InChI is InChI=1S/C18H18N4O2/c23-17(10-14-4-2-1-3-5-14)11-20-18(24)15-6-8-16(9-7-15)22-13-19-12-21-22/h1-9,12-13,17,23H,10-11H2,(H,20,24). The summed E-state index contributed by atoms with van der Waals surface area (Å²) in [5.74, 6) is -0.216. The van der Waals surface area contributed by atoms with Crippen LogP contribution in [-0.2, 0) is 6.42 Å². The number of nitrogens with one attached hydrogen (secondary N) is 1. The molecule has 0 aliphatic heterocycles. The SMILES string of the molecule is O=C(NCC(O)Cc1ccccc1)c1ccc(-n2cncn2)cc1. The fraction of sp³-hybridized carbons (Fsp3) is 0.167. The highest BCUT2D eigenvalue weighted by molar-refractivity contribution is 5.94. The first-order valence-electron chi connectivity index (χ1n) is 7.67. The van der Waals surface area contributed by atoms with Gasteiger partial charge in [0.25, 0.3) is 5.91 Å². The lowest BCUT2D eigenvalue weighted by Gasteiger charge is -2.12. The van der Waals surface area contributed by atoms with E-state index in [-0.39, 0.29) is 12.5 Å². The van der Waals surface area contributed by atoms with Crippen LogP contribution in [0.2, 0.25) is 0 Å². The van der Waals surface area contributed by atoms with Crippen LogP contribution in [0.25, 0.3) is 5.69 Å². The Bertz CT molecular complexity index is 771. The van der Waals surface area contributed by atoms with E-state index < -0.39 is 6.10 Å². The Morgan fingerprint density at radius 3 is 2.54 bits per heavy atom. The van der Waals surface area contributed by atoms with Gasteiger partial charge < -0.3 is 10.4 Å². The third-order valence-electron chi connectivity index (χ3n) is 3.63. The molecule has 2 N–H and O–H groups in total. The van der Waals surface area contributed by atoms with Crippen LogP contribution >= 0.6 is 0 Å². The molecule has 1 heterocycles. The number of aromatic nitrogens is 3. The van der Waals surface area contributed by atoms with Gasteiger partial charge in [0.1, 0.15) is 12.7 Å². The molecule has 24 heavy (non-hydrogen) atoms. The largest absolute Gasteiger partial charge is 0.391 e. The minimum absolute atomic E-state index is 0.207. The molecule has 122 valence electrons. The fourth-order valence-electron chi connectivity index (χ4n) is 2.38. The molecule has 1 aromatic heterocycles. The van der Waals surface area contributed by atoms with Gasteiger partial charge in [-0.05, 0) is 29.8 Å². The second-order valence-corrected chi connectivity index (χ2v) is 5.44. The van der Waals surface area contributed by atoms with E-state index in [4.69, 9.17) is 0 Å². The number of carbonyl (C=O) groups is 1. The molecule has 1 unspecified atom stereocenters. The van der Waals surface area contributed by atoms with Gasteiger partial charge in [0.15, 0.2) is 0 Å². The Morgan fingerprint density at radius 2 is 1.88 bits per heavy atom. The van der Waals surface area contributed by atoms with Crippen molar-refractivity contribution in [1.29, 1.82) is 0 Å². The molecule has 1 amide bonds. The molecular weight excluding hydrogens is 304 g/mol. The van der Waals surface area contributed by atoms with Crippen molar-refractivity contribution >= 4 is 5.91 Å². The van der Waals surface area contributed by atoms with Gasteiger partial charge in [0, 0.05) is 18.5 Å². The maximum absolute atomic E-state index is 12.1. The lowest BCUT2D eigenvalue weighted by molar-refractivity contribution is 0.0916. The van der Waals surface area contributed by atoms with E-state index in [0.717, 1.165) is 11.3 Å². The van der Waals surface area contributed by atoms with Crippen LogP contribution < -0.4 is 5.32 Å². The van der Waals surface area contributed by atoms with Crippen molar-refractivity contribution in [2.24, 2.45) is 0 Å². The molecule has 6 nitrogen and oxygen atoms in total. The van der Waals surface area contributed by atoms with Crippen molar-refractivity contribution < 1.29 is 9.90 Å². The minimum Gasteiger partial charge on any atom is -0.391 e. The predicted molar refractivity (Wildman–Crippen MR) is 89.8 cm³/mol. The monoisotopic (exact) mass is 322 g/mol. The summed E-state index contributed by atoms with van der Waals surface area (Å²) in [7, 11) is 0. The molecule has 0 bridgehead atoms. The number of carbonyl (C=O) groups excluding carboxylic acids is 1. The van der Waals surface area contributed by atoms with Crippen LogP contribution in [0.5, 0.6) is 0 Å². The van der Waals surface area contributed by atoms with Gasteiger partial charge in [0.2, 0.25) is 0 Å². The number of hydrogen-bond donors (Lipinski definition) is 2. The molecule has 3 rings (SSSR count). The summed E-state index contributed by atoms with van der Waals surface area (Å²) in [6.45, 7) is 0.207. The normalized spacial score (nSPS) is 11.9. The molecule has 0 fully saturated rings. The van der Waals surface area contributed by atoms with Crippen molar-refractivity contribution in [3.63, 3.8) is 0 Å². The summed E-state index contributed by atoms with van der Waals surface area (Å²) in [6.07, 6.45) is 2.93. The summed E-state index contributed by atoms with van der Waals surface area (Å²) in [4.78, 5) is 16.0. The Labute approximate surface area is 139 Å². The molecule has 1 atom stereocenters. The third kappa shape index (κ3) is 4.05. The van der Waals surface area contributed by atoms with E-state index in [9.17, 15) is 9.90 Å². The zero-order chi connectivity index (χ0) is 16.8. The van der Waals surface area contributed by atoms with Crippen molar-refractivity contribution in [1.82, 2.24) is 20.1 Å². The maximum Gasteiger partial charge on any atom is 0.251 e. The second-order valence-electron chi connectivity index (χ2n) is 5.44. The van der Waals surface area contributed by atoms with Gasteiger partial charge >= 0.3 is 0 Å².